The van der Waals surface area contributed by atoms with Crippen molar-refractivity contribution >= 4 is 0 Å². The highest BCUT2D eigenvalue weighted by Gasteiger charge is 2.36. The zero-order valence-electron chi connectivity index (χ0n) is 12.3. The van der Waals surface area contributed by atoms with Gasteiger partial charge in [-0.25, -0.2) is 0 Å². The maximum Gasteiger partial charge on any atom is 0.0660 e. The van der Waals surface area contributed by atoms with Crippen molar-refractivity contribution in [3.63, 3.8) is 0 Å². The topological polar surface area (TPSA) is 32.3 Å². The molecule has 1 aliphatic carbocycles. The molecule has 0 bridgehead atoms. The van der Waals surface area contributed by atoms with Gasteiger partial charge in [-0.3, -0.25) is 0 Å². The average molecular weight is 241 g/mol. The van der Waals surface area contributed by atoms with Gasteiger partial charge in [0, 0.05) is 6.04 Å². The zero-order valence-corrected chi connectivity index (χ0v) is 12.3. The fraction of sp³-hybridized carbons (Fsp3) is 1.00. The summed E-state index contributed by atoms with van der Waals surface area (Å²) in [5.74, 6) is 2.08. The van der Waals surface area contributed by atoms with Crippen LogP contribution in [0.1, 0.15) is 60.3 Å². The Morgan fingerprint density at radius 3 is 2.41 bits per heavy atom. The number of hydrogen-bond acceptors (Lipinski definition) is 2. The van der Waals surface area contributed by atoms with Gasteiger partial charge < -0.3 is 10.4 Å². The van der Waals surface area contributed by atoms with Crippen molar-refractivity contribution in [2.45, 2.75) is 71.9 Å². The molecule has 1 rings (SSSR count). The molecule has 1 fully saturated rings. The third kappa shape index (κ3) is 4.59. The predicted octanol–water partition coefficient (Wildman–Crippen LogP) is 3.20. The highest BCUT2D eigenvalue weighted by atomic mass is 16.3. The van der Waals surface area contributed by atoms with Gasteiger partial charge in [0.05, 0.1) is 5.60 Å². The van der Waals surface area contributed by atoms with Crippen molar-refractivity contribution in [2.75, 3.05) is 6.54 Å². The standard InChI is InChI=1S/C15H31NO/c1-11(2)16-9-8-15(5,17)14-7-6-12(3)13(4)10-14/h11-14,16-17H,6-10H2,1-5H3. The highest BCUT2D eigenvalue weighted by molar-refractivity contribution is 4.88. The lowest BCUT2D eigenvalue weighted by molar-refractivity contribution is -0.0380. The van der Waals surface area contributed by atoms with Gasteiger partial charge in [-0.1, -0.05) is 34.1 Å². The maximum atomic E-state index is 10.6. The first-order valence-electron chi connectivity index (χ1n) is 7.28. The molecule has 0 aromatic rings. The van der Waals surface area contributed by atoms with Crippen LogP contribution in [0.25, 0.3) is 0 Å². The SMILES string of the molecule is CC(C)NCCC(C)(O)C1CCC(C)C(C)C1. The minimum absolute atomic E-state index is 0.489. The maximum absolute atomic E-state index is 10.6. The molecule has 0 aromatic heterocycles. The van der Waals surface area contributed by atoms with Crippen LogP contribution in [0, 0.1) is 17.8 Å². The van der Waals surface area contributed by atoms with Crippen molar-refractivity contribution in [3.8, 4) is 0 Å². The van der Waals surface area contributed by atoms with E-state index in [1.807, 2.05) is 6.92 Å². The third-order valence-electron chi connectivity index (χ3n) is 4.66. The van der Waals surface area contributed by atoms with Crippen molar-refractivity contribution in [3.05, 3.63) is 0 Å². The average Bonchev–Trinajstić information content (AvgIpc) is 2.21. The minimum Gasteiger partial charge on any atom is -0.390 e. The molecular weight excluding hydrogens is 210 g/mol. The van der Waals surface area contributed by atoms with E-state index in [9.17, 15) is 5.11 Å². The van der Waals surface area contributed by atoms with E-state index in [1.54, 1.807) is 0 Å². The van der Waals surface area contributed by atoms with Crippen LogP contribution >= 0.6 is 0 Å². The largest absolute Gasteiger partial charge is 0.390 e. The summed E-state index contributed by atoms with van der Waals surface area (Å²) < 4.78 is 0. The normalized spacial score (nSPS) is 33.7. The van der Waals surface area contributed by atoms with Gasteiger partial charge in [-0.05, 0) is 50.5 Å². The fourth-order valence-corrected chi connectivity index (χ4v) is 2.93. The van der Waals surface area contributed by atoms with Crippen molar-refractivity contribution in [2.24, 2.45) is 17.8 Å². The van der Waals surface area contributed by atoms with E-state index in [0.717, 1.165) is 24.8 Å². The molecule has 0 aliphatic heterocycles. The Balaban J connectivity index is 2.41. The summed E-state index contributed by atoms with van der Waals surface area (Å²) in [4.78, 5) is 0. The molecule has 4 atom stereocenters. The molecule has 4 unspecified atom stereocenters. The van der Waals surface area contributed by atoms with E-state index in [4.69, 9.17) is 0 Å². The molecule has 2 nitrogen and oxygen atoms in total. The van der Waals surface area contributed by atoms with Crippen LogP contribution in [-0.4, -0.2) is 23.3 Å². The molecular formula is C15H31NO. The predicted molar refractivity (Wildman–Crippen MR) is 74.0 cm³/mol. The van der Waals surface area contributed by atoms with Gasteiger partial charge in [-0.15, -0.1) is 0 Å². The van der Waals surface area contributed by atoms with E-state index < -0.39 is 5.60 Å². The van der Waals surface area contributed by atoms with Crippen LogP contribution in [0.4, 0.5) is 0 Å². The molecule has 0 amide bonds. The second-order valence-corrected chi connectivity index (χ2v) is 6.68. The number of hydrogen-bond donors (Lipinski definition) is 2. The van der Waals surface area contributed by atoms with E-state index in [2.05, 4.69) is 33.0 Å². The molecule has 0 aromatic carbocycles. The second-order valence-electron chi connectivity index (χ2n) is 6.68. The Morgan fingerprint density at radius 2 is 1.88 bits per heavy atom. The van der Waals surface area contributed by atoms with Gasteiger partial charge in [0.15, 0.2) is 0 Å². The molecule has 1 saturated carbocycles. The van der Waals surface area contributed by atoms with Gasteiger partial charge in [0.2, 0.25) is 0 Å². The summed E-state index contributed by atoms with van der Waals surface area (Å²) in [6, 6.07) is 0.510. The lowest BCUT2D eigenvalue weighted by atomic mass is 9.69. The molecule has 2 N–H and O–H groups in total. The van der Waals surface area contributed by atoms with Crippen LogP contribution in [0.5, 0.6) is 0 Å². The Morgan fingerprint density at radius 1 is 1.24 bits per heavy atom. The van der Waals surface area contributed by atoms with Crippen molar-refractivity contribution in [1.29, 1.82) is 0 Å². The first-order valence-corrected chi connectivity index (χ1v) is 7.28. The van der Waals surface area contributed by atoms with Crippen molar-refractivity contribution < 1.29 is 5.11 Å². The summed E-state index contributed by atoms with van der Waals surface area (Å²) >= 11 is 0. The minimum atomic E-state index is -0.490. The summed E-state index contributed by atoms with van der Waals surface area (Å²) in [6.07, 6.45) is 4.53. The molecule has 0 saturated heterocycles. The molecule has 17 heavy (non-hydrogen) atoms. The molecule has 1 aliphatic rings. The molecule has 2 heteroatoms. The van der Waals surface area contributed by atoms with Crippen molar-refractivity contribution in [1.82, 2.24) is 5.32 Å². The van der Waals surface area contributed by atoms with Crippen LogP contribution in [0.15, 0.2) is 0 Å². The Bertz CT molecular complexity index is 225. The quantitative estimate of drug-likeness (QED) is 0.775. The third-order valence-corrected chi connectivity index (χ3v) is 4.66. The second kappa shape index (κ2) is 6.19. The highest BCUT2D eigenvalue weighted by Crippen LogP contribution is 2.39. The smallest absolute Gasteiger partial charge is 0.0660 e. The summed E-state index contributed by atoms with van der Waals surface area (Å²) in [6.45, 7) is 11.9. The van der Waals surface area contributed by atoms with E-state index in [1.165, 1.54) is 19.3 Å². The van der Waals surface area contributed by atoms with Gasteiger partial charge in [-0.2, -0.15) is 0 Å². The fourth-order valence-electron chi connectivity index (χ4n) is 2.93. The van der Waals surface area contributed by atoms with Gasteiger partial charge >= 0.3 is 0 Å². The Kier molecular flexibility index (Phi) is 5.46. The molecule has 0 spiro atoms. The number of nitrogens with one attached hydrogen (secondary N) is 1. The number of rotatable bonds is 5. The Hall–Kier alpha value is -0.0800. The van der Waals surface area contributed by atoms with E-state index >= 15 is 0 Å². The Labute approximate surface area is 107 Å². The van der Waals surface area contributed by atoms with Crippen LogP contribution < -0.4 is 5.32 Å². The van der Waals surface area contributed by atoms with Crippen LogP contribution in [-0.2, 0) is 0 Å². The van der Waals surface area contributed by atoms with Gasteiger partial charge in [0.1, 0.15) is 0 Å². The van der Waals surface area contributed by atoms with E-state index in [0.29, 0.717) is 12.0 Å². The first kappa shape index (κ1) is 15.0. The number of aliphatic hydroxyl groups is 1. The summed E-state index contributed by atoms with van der Waals surface area (Å²) in [5.41, 5.74) is -0.490. The summed E-state index contributed by atoms with van der Waals surface area (Å²) in [7, 11) is 0. The lowest BCUT2D eigenvalue weighted by Gasteiger charge is -2.40. The molecule has 0 radical (unpaired) electrons. The lowest BCUT2D eigenvalue weighted by Crippen LogP contribution is -2.42. The molecule has 102 valence electrons. The first-order chi connectivity index (χ1) is 7.83. The monoisotopic (exact) mass is 241 g/mol. The summed E-state index contributed by atoms with van der Waals surface area (Å²) in [5, 5.41) is 14.0. The van der Waals surface area contributed by atoms with Crippen LogP contribution in [0.3, 0.4) is 0 Å². The van der Waals surface area contributed by atoms with Gasteiger partial charge in [0.25, 0.3) is 0 Å². The van der Waals surface area contributed by atoms with E-state index in [-0.39, 0.29) is 0 Å². The zero-order chi connectivity index (χ0) is 13.1. The molecule has 0 heterocycles. The van der Waals surface area contributed by atoms with Crippen LogP contribution in [0.2, 0.25) is 0 Å².